The summed E-state index contributed by atoms with van der Waals surface area (Å²) in [5, 5.41) is 10.5. The minimum atomic E-state index is -4.27. The summed E-state index contributed by atoms with van der Waals surface area (Å²) < 4.78 is 65.9. The molecule has 1 saturated heterocycles. The van der Waals surface area contributed by atoms with Gasteiger partial charge in [0.2, 0.25) is 5.95 Å². The van der Waals surface area contributed by atoms with E-state index >= 15 is 8.78 Å². The van der Waals surface area contributed by atoms with Gasteiger partial charge in [0.15, 0.2) is 46.5 Å². The number of aromatic nitrogens is 4. The van der Waals surface area contributed by atoms with Gasteiger partial charge in [0.1, 0.15) is 6.61 Å². The molecule has 0 amide bonds. The summed E-state index contributed by atoms with van der Waals surface area (Å²) in [6.45, 7) is -0.199. The van der Waals surface area contributed by atoms with Gasteiger partial charge in [-0.15, -0.1) is 0 Å². The third-order valence-electron chi connectivity index (χ3n) is 5.52. The molecule has 34 heavy (non-hydrogen) atoms. The molecule has 2 aromatic heterocycles. The van der Waals surface area contributed by atoms with Gasteiger partial charge in [0, 0.05) is 14.1 Å². The Morgan fingerprint density at radius 3 is 2.53 bits per heavy atom. The Balaban J connectivity index is 1.43. The van der Waals surface area contributed by atoms with Crippen molar-refractivity contribution in [2.45, 2.75) is 30.8 Å². The van der Waals surface area contributed by atoms with Crippen molar-refractivity contribution in [2.75, 3.05) is 31.3 Å². The van der Waals surface area contributed by atoms with Crippen molar-refractivity contribution in [1.82, 2.24) is 19.5 Å². The summed E-state index contributed by atoms with van der Waals surface area (Å²) in [6.07, 6.45) is -2.89. The highest BCUT2D eigenvalue weighted by Gasteiger charge is 2.65. The standard InChI is InChI=1S/C19H21F2N6O6P/c1-18(20)15(28)19(21,8-30-34(29)32-10-6-4-5-7-11(10)33-34)31-16(18)27-9-23-12-13(26(2)3)24-17(22)25-14(12)27/h4-7,9,15-16,28H,8H2,1-3H3,(H2,22,24,25)/t15-,16+,18+,19+/m0/s1. The fourth-order valence-corrected chi connectivity index (χ4v) is 5.11. The SMILES string of the molecule is CN(C)c1nc(N)nc2c1ncn2[C@@H]1O[C@](F)(COP2(=O)Oc3ccccc3O2)[C@@H](O)[C@@]1(C)F. The number of hydrogen-bond donors (Lipinski definition) is 2. The fourth-order valence-electron chi connectivity index (χ4n) is 3.85. The summed E-state index contributed by atoms with van der Waals surface area (Å²) >= 11 is 0. The van der Waals surface area contributed by atoms with Crippen molar-refractivity contribution >= 4 is 30.8 Å². The zero-order valence-electron chi connectivity index (χ0n) is 18.3. The van der Waals surface area contributed by atoms with E-state index in [1.165, 1.54) is 18.5 Å². The van der Waals surface area contributed by atoms with E-state index in [1.54, 1.807) is 31.1 Å². The molecule has 0 aliphatic carbocycles. The van der Waals surface area contributed by atoms with Crippen LogP contribution in [0.4, 0.5) is 20.5 Å². The summed E-state index contributed by atoms with van der Waals surface area (Å²) in [7, 11) is -0.872. The molecule has 5 rings (SSSR count). The molecule has 182 valence electrons. The van der Waals surface area contributed by atoms with Gasteiger partial charge < -0.3 is 29.5 Å². The number of ether oxygens (including phenoxy) is 1. The molecular weight excluding hydrogens is 477 g/mol. The number of nitrogens with zero attached hydrogens (tertiary/aromatic N) is 5. The van der Waals surface area contributed by atoms with E-state index in [-0.39, 0.29) is 28.6 Å². The van der Waals surface area contributed by atoms with Crippen molar-refractivity contribution < 1.29 is 36.8 Å². The summed E-state index contributed by atoms with van der Waals surface area (Å²) in [5.74, 6) is -2.62. The molecule has 2 aliphatic heterocycles. The molecule has 2 aliphatic rings. The Morgan fingerprint density at radius 1 is 1.26 bits per heavy atom. The number of rotatable bonds is 5. The molecule has 15 heteroatoms. The quantitative estimate of drug-likeness (QED) is 0.500. The number of aliphatic hydroxyl groups is 1. The smallest absolute Gasteiger partial charge is 0.391 e. The molecule has 0 saturated carbocycles. The number of anilines is 2. The van der Waals surface area contributed by atoms with Gasteiger partial charge in [-0.1, -0.05) is 12.1 Å². The average molecular weight is 498 g/mol. The number of halogens is 2. The third-order valence-corrected chi connectivity index (χ3v) is 6.80. The topological polar surface area (TPSA) is 147 Å². The van der Waals surface area contributed by atoms with Crippen LogP contribution in [0.3, 0.4) is 0 Å². The highest BCUT2D eigenvalue weighted by atomic mass is 31.2. The molecule has 0 unspecified atom stereocenters. The van der Waals surface area contributed by atoms with Gasteiger partial charge in [-0.2, -0.15) is 9.97 Å². The van der Waals surface area contributed by atoms with E-state index in [9.17, 15) is 9.67 Å². The summed E-state index contributed by atoms with van der Waals surface area (Å²) in [6, 6.07) is 6.20. The van der Waals surface area contributed by atoms with Crippen LogP contribution in [0.5, 0.6) is 11.5 Å². The van der Waals surface area contributed by atoms with E-state index in [2.05, 4.69) is 15.0 Å². The number of para-hydroxylation sites is 2. The first-order valence-electron chi connectivity index (χ1n) is 10.1. The van der Waals surface area contributed by atoms with Crippen LogP contribution in [0.2, 0.25) is 0 Å². The first-order valence-corrected chi connectivity index (χ1v) is 11.5. The van der Waals surface area contributed by atoms with Crippen LogP contribution >= 0.6 is 7.82 Å². The Hall–Kier alpha value is -3.06. The Bertz CT molecular complexity index is 1290. The second-order valence-electron chi connectivity index (χ2n) is 8.28. The number of phosphoric acid groups is 1. The highest BCUT2D eigenvalue weighted by molar-refractivity contribution is 7.49. The fraction of sp³-hybridized carbons (Fsp3) is 0.421. The van der Waals surface area contributed by atoms with Crippen LogP contribution in [0.15, 0.2) is 30.6 Å². The van der Waals surface area contributed by atoms with Gasteiger partial charge in [0.25, 0.3) is 5.85 Å². The molecule has 12 nitrogen and oxygen atoms in total. The predicted molar refractivity (Wildman–Crippen MR) is 115 cm³/mol. The van der Waals surface area contributed by atoms with Gasteiger partial charge in [0.05, 0.1) is 6.33 Å². The highest BCUT2D eigenvalue weighted by Crippen LogP contribution is 2.60. The molecule has 0 spiro atoms. The second-order valence-corrected chi connectivity index (χ2v) is 9.80. The number of imidazole rings is 1. The predicted octanol–water partition coefficient (Wildman–Crippen LogP) is 2.35. The number of fused-ring (bicyclic) bond motifs is 2. The molecule has 3 aromatic rings. The normalized spacial score (nSPS) is 29.6. The Labute approximate surface area is 191 Å². The number of hydrogen-bond acceptors (Lipinski definition) is 11. The van der Waals surface area contributed by atoms with Crippen LogP contribution in [0, 0.1) is 0 Å². The lowest BCUT2D eigenvalue weighted by Gasteiger charge is -2.25. The van der Waals surface area contributed by atoms with Crippen LogP contribution in [0.25, 0.3) is 11.2 Å². The van der Waals surface area contributed by atoms with Crippen LogP contribution in [0.1, 0.15) is 13.2 Å². The van der Waals surface area contributed by atoms with Gasteiger partial charge >= 0.3 is 7.82 Å². The number of nitrogens with two attached hydrogens (primary N) is 1. The molecule has 3 N–H and O–H groups in total. The minimum Gasteiger partial charge on any atom is -0.391 e. The largest absolute Gasteiger partial charge is 0.588 e. The zero-order valence-corrected chi connectivity index (χ0v) is 19.1. The molecule has 1 fully saturated rings. The minimum absolute atomic E-state index is 0.0631. The number of phosphoric ester groups is 1. The van der Waals surface area contributed by atoms with E-state index in [4.69, 9.17) is 24.0 Å². The first-order chi connectivity index (χ1) is 15.9. The average Bonchev–Trinajstić information content (AvgIpc) is 3.39. The number of aliphatic hydroxyl groups excluding tert-OH is 1. The molecule has 4 heterocycles. The van der Waals surface area contributed by atoms with Crippen molar-refractivity contribution in [3.8, 4) is 11.5 Å². The third kappa shape index (κ3) is 3.45. The summed E-state index contributed by atoms with van der Waals surface area (Å²) in [5.41, 5.74) is 3.42. The van der Waals surface area contributed by atoms with Gasteiger partial charge in [-0.05, 0) is 19.1 Å². The molecular formula is C19H21F2N6O6P. The maximum Gasteiger partial charge on any atom is 0.588 e. The van der Waals surface area contributed by atoms with E-state index in [1.807, 2.05) is 0 Å². The van der Waals surface area contributed by atoms with Crippen molar-refractivity contribution in [2.24, 2.45) is 0 Å². The van der Waals surface area contributed by atoms with Crippen LogP contribution < -0.4 is 19.7 Å². The molecule has 1 aromatic carbocycles. The summed E-state index contributed by atoms with van der Waals surface area (Å²) in [4.78, 5) is 14.0. The van der Waals surface area contributed by atoms with Crippen molar-refractivity contribution in [3.05, 3.63) is 30.6 Å². The second kappa shape index (κ2) is 7.47. The van der Waals surface area contributed by atoms with Crippen LogP contribution in [-0.4, -0.2) is 63.0 Å². The maximum atomic E-state index is 15.7. The number of benzene rings is 1. The Kier molecular flexibility index (Phi) is 4.99. The number of alkyl halides is 2. The van der Waals surface area contributed by atoms with Crippen molar-refractivity contribution in [1.29, 1.82) is 0 Å². The lowest BCUT2D eigenvalue weighted by Crippen LogP contribution is -2.46. The number of nitrogen functional groups attached to an aromatic ring is 1. The van der Waals surface area contributed by atoms with Gasteiger partial charge in [-0.25, -0.2) is 18.3 Å². The first kappa shape index (κ1) is 22.7. The molecule has 0 radical (unpaired) electrons. The maximum absolute atomic E-state index is 15.7. The Morgan fingerprint density at radius 2 is 1.91 bits per heavy atom. The molecule has 0 bridgehead atoms. The van der Waals surface area contributed by atoms with E-state index in [0.717, 1.165) is 11.5 Å². The monoisotopic (exact) mass is 498 g/mol. The van der Waals surface area contributed by atoms with Gasteiger partial charge in [-0.3, -0.25) is 9.09 Å². The van der Waals surface area contributed by atoms with Crippen molar-refractivity contribution in [3.63, 3.8) is 0 Å². The van der Waals surface area contributed by atoms with Crippen LogP contribution in [-0.2, 0) is 13.8 Å². The lowest BCUT2D eigenvalue weighted by molar-refractivity contribution is -0.203. The van der Waals surface area contributed by atoms with E-state index < -0.39 is 38.3 Å². The zero-order chi connectivity index (χ0) is 24.5. The van der Waals surface area contributed by atoms with E-state index in [0.29, 0.717) is 5.82 Å². The lowest BCUT2D eigenvalue weighted by atomic mass is 9.97. The molecule has 4 atom stereocenters.